The molecule has 4 aliphatic carbocycles. The van der Waals surface area contributed by atoms with E-state index in [1.807, 2.05) is 0 Å². The number of carbonyl (C=O) groups excluding carboxylic acids is 1. The largest absolute Gasteiger partial charge is 0.393 e. The molecule has 1 N–H and O–H groups in total. The molecule has 2 heteroatoms. The van der Waals surface area contributed by atoms with Gasteiger partial charge in [0.15, 0.2) is 5.78 Å². The molecule has 0 heterocycles. The van der Waals surface area contributed by atoms with Crippen LogP contribution in [0.1, 0.15) is 72.6 Å². The van der Waals surface area contributed by atoms with Gasteiger partial charge < -0.3 is 5.11 Å². The van der Waals surface area contributed by atoms with Crippen molar-refractivity contribution in [1.82, 2.24) is 0 Å². The van der Waals surface area contributed by atoms with Crippen LogP contribution in [0.2, 0.25) is 0 Å². The predicted octanol–water partition coefficient (Wildman–Crippen LogP) is 4.83. The van der Waals surface area contributed by atoms with Gasteiger partial charge in [0.1, 0.15) is 0 Å². The molecule has 2 nitrogen and oxygen atoms in total. The molecule has 2 fully saturated rings. The fraction of sp³-hybridized carbons (Fsp3) is 0.773. The first-order chi connectivity index (χ1) is 11.3. The van der Waals surface area contributed by atoms with E-state index in [-0.39, 0.29) is 22.7 Å². The van der Waals surface area contributed by atoms with Gasteiger partial charge in [-0.15, -0.1) is 0 Å². The van der Waals surface area contributed by atoms with Crippen LogP contribution >= 0.6 is 0 Å². The van der Waals surface area contributed by atoms with E-state index >= 15 is 0 Å². The summed E-state index contributed by atoms with van der Waals surface area (Å²) in [6.45, 7) is 8.89. The van der Waals surface area contributed by atoms with Crippen molar-refractivity contribution in [2.24, 2.45) is 28.6 Å². The minimum absolute atomic E-state index is 0.106. The number of aliphatic hydroxyl groups excluding tert-OH is 1. The van der Waals surface area contributed by atoms with Crippen LogP contribution in [-0.2, 0) is 4.79 Å². The zero-order valence-electron chi connectivity index (χ0n) is 15.7. The maximum absolute atomic E-state index is 12.2. The second-order valence-corrected chi connectivity index (χ2v) is 9.52. The van der Waals surface area contributed by atoms with Crippen molar-refractivity contribution in [1.29, 1.82) is 0 Å². The monoisotopic (exact) mass is 328 g/mol. The Balaban J connectivity index is 1.71. The molecule has 4 rings (SSSR count). The topological polar surface area (TPSA) is 37.3 Å². The Kier molecular flexibility index (Phi) is 3.66. The smallest absolute Gasteiger partial charge is 0.156 e. The van der Waals surface area contributed by atoms with E-state index in [1.165, 1.54) is 18.4 Å². The van der Waals surface area contributed by atoms with Gasteiger partial charge in [0.05, 0.1) is 6.10 Å². The van der Waals surface area contributed by atoms with Crippen LogP contribution in [0.25, 0.3) is 0 Å². The summed E-state index contributed by atoms with van der Waals surface area (Å²) in [6.07, 6.45) is 9.79. The fourth-order valence-corrected chi connectivity index (χ4v) is 7.21. The van der Waals surface area contributed by atoms with Crippen molar-refractivity contribution in [2.45, 2.75) is 78.7 Å². The van der Waals surface area contributed by atoms with Crippen LogP contribution in [0.3, 0.4) is 0 Å². The Morgan fingerprint density at radius 2 is 1.83 bits per heavy atom. The van der Waals surface area contributed by atoms with Gasteiger partial charge in [0.2, 0.25) is 0 Å². The predicted molar refractivity (Wildman–Crippen MR) is 96.5 cm³/mol. The van der Waals surface area contributed by atoms with Crippen molar-refractivity contribution in [3.63, 3.8) is 0 Å². The molecule has 132 valence electrons. The van der Waals surface area contributed by atoms with Crippen LogP contribution in [0.4, 0.5) is 0 Å². The molecule has 0 bridgehead atoms. The third kappa shape index (κ3) is 2.08. The van der Waals surface area contributed by atoms with E-state index in [2.05, 4.69) is 26.8 Å². The Morgan fingerprint density at radius 3 is 2.54 bits per heavy atom. The zero-order chi connectivity index (χ0) is 17.3. The number of fused-ring (bicyclic) bond motifs is 5. The maximum Gasteiger partial charge on any atom is 0.156 e. The molecular weight excluding hydrogens is 296 g/mol. The van der Waals surface area contributed by atoms with Crippen LogP contribution in [0.15, 0.2) is 22.8 Å². The number of carbonyl (C=O) groups is 1. The third-order valence-corrected chi connectivity index (χ3v) is 8.40. The molecule has 0 aromatic rings. The molecule has 6 atom stereocenters. The minimum Gasteiger partial charge on any atom is -0.393 e. The summed E-state index contributed by atoms with van der Waals surface area (Å²) in [5.74, 6) is 2.37. The molecule has 0 amide bonds. The number of rotatable bonds is 1. The highest BCUT2D eigenvalue weighted by Gasteiger charge is 2.57. The summed E-state index contributed by atoms with van der Waals surface area (Å²) < 4.78 is 0. The summed E-state index contributed by atoms with van der Waals surface area (Å²) in [5, 5.41) is 10.2. The minimum atomic E-state index is -0.133. The second kappa shape index (κ2) is 5.30. The molecule has 4 unspecified atom stereocenters. The number of aliphatic hydroxyl groups is 1. The van der Waals surface area contributed by atoms with Gasteiger partial charge in [0, 0.05) is 0 Å². The van der Waals surface area contributed by atoms with Crippen molar-refractivity contribution in [2.75, 3.05) is 0 Å². The van der Waals surface area contributed by atoms with E-state index < -0.39 is 0 Å². The number of hydrogen-bond acceptors (Lipinski definition) is 2. The maximum atomic E-state index is 12.2. The van der Waals surface area contributed by atoms with Crippen LogP contribution in [0, 0.1) is 28.6 Å². The number of ketones is 1. The Bertz CT molecular complexity index is 642. The molecule has 24 heavy (non-hydrogen) atoms. The first-order valence-corrected chi connectivity index (χ1v) is 9.86. The van der Waals surface area contributed by atoms with Gasteiger partial charge in [0.25, 0.3) is 0 Å². The zero-order valence-corrected chi connectivity index (χ0v) is 15.7. The lowest BCUT2D eigenvalue weighted by Gasteiger charge is -2.58. The number of allylic oxidation sites excluding steroid dienone is 3. The van der Waals surface area contributed by atoms with E-state index in [4.69, 9.17) is 0 Å². The van der Waals surface area contributed by atoms with Crippen LogP contribution in [0.5, 0.6) is 0 Å². The molecule has 0 aromatic heterocycles. The van der Waals surface area contributed by atoms with Gasteiger partial charge in [-0.25, -0.2) is 0 Å². The number of Topliss-reactive ketones (excluding diaryl/α,β-unsaturated/α-hetero) is 1. The summed E-state index contributed by atoms with van der Waals surface area (Å²) in [6, 6.07) is 0. The van der Waals surface area contributed by atoms with Gasteiger partial charge in [-0.2, -0.15) is 0 Å². The fourth-order valence-electron chi connectivity index (χ4n) is 7.21. The summed E-state index contributed by atoms with van der Waals surface area (Å²) in [4.78, 5) is 12.2. The molecule has 2 saturated carbocycles. The van der Waals surface area contributed by atoms with Gasteiger partial charge in [-0.3, -0.25) is 4.79 Å². The summed E-state index contributed by atoms with van der Waals surface area (Å²) in [5.41, 5.74) is 4.62. The lowest BCUT2D eigenvalue weighted by molar-refractivity contribution is -0.115. The van der Waals surface area contributed by atoms with Crippen molar-refractivity contribution in [3.05, 3.63) is 22.8 Å². The quantitative estimate of drug-likeness (QED) is 0.700. The van der Waals surface area contributed by atoms with Crippen LogP contribution in [-0.4, -0.2) is 17.0 Å². The van der Waals surface area contributed by atoms with Gasteiger partial charge >= 0.3 is 0 Å². The Hall–Kier alpha value is -0.890. The van der Waals surface area contributed by atoms with Crippen molar-refractivity contribution < 1.29 is 9.90 Å². The molecule has 0 aliphatic heterocycles. The van der Waals surface area contributed by atoms with Crippen molar-refractivity contribution in [3.8, 4) is 0 Å². The third-order valence-electron chi connectivity index (χ3n) is 8.40. The Labute approximate surface area is 146 Å². The van der Waals surface area contributed by atoms with Gasteiger partial charge in [-0.05, 0) is 93.0 Å². The Morgan fingerprint density at radius 1 is 1.12 bits per heavy atom. The average molecular weight is 328 g/mol. The van der Waals surface area contributed by atoms with Crippen LogP contribution < -0.4 is 0 Å². The van der Waals surface area contributed by atoms with E-state index in [0.717, 1.165) is 43.6 Å². The standard InChI is InChI=1S/C22H32O2/c1-13-11-16-18-6-5-17(14(2)23)21(18,3)10-8-19(16)22(4)9-7-15(24)12-20(13)22/h5,15-16,18-19,24H,6-12H2,1-4H3/t15?,16?,18?,19?,21-,22-/m1/s1. The molecular formula is C22H32O2. The average Bonchev–Trinajstić information content (AvgIpc) is 2.87. The normalized spacial score (nSPS) is 47.6. The van der Waals surface area contributed by atoms with E-state index in [9.17, 15) is 9.90 Å². The lowest BCUT2D eigenvalue weighted by Crippen LogP contribution is -2.51. The lowest BCUT2D eigenvalue weighted by atomic mass is 9.46. The highest BCUT2D eigenvalue weighted by molar-refractivity contribution is 5.95. The summed E-state index contributed by atoms with van der Waals surface area (Å²) in [7, 11) is 0. The molecule has 0 radical (unpaired) electrons. The first-order valence-electron chi connectivity index (χ1n) is 9.86. The second-order valence-electron chi connectivity index (χ2n) is 9.52. The van der Waals surface area contributed by atoms with Crippen molar-refractivity contribution >= 4 is 5.78 Å². The molecule has 0 saturated heterocycles. The van der Waals surface area contributed by atoms with E-state index in [1.54, 1.807) is 12.5 Å². The molecule has 0 spiro atoms. The molecule has 0 aromatic carbocycles. The highest BCUT2D eigenvalue weighted by Crippen LogP contribution is 2.66. The first kappa shape index (κ1) is 16.6. The SMILES string of the molecule is CC(=O)C1=CCC2C3CC(C)=C4CC(O)CC[C@]4(C)C3CC[C@]12C. The van der Waals surface area contributed by atoms with E-state index in [0.29, 0.717) is 11.8 Å². The number of hydrogen-bond donors (Lipinski definition) is 1. The highest BCUT2D eigenvalue weighted by atomic mass is 16.3. The van der Waals surface area contributed by atoms with Gasteiger partial charge in [-0.1, -0.05) is 31.1 Å². The molecule has 4 aliphatic rings. The summed E-state index contributed by atoms with van der Waals surface area (Å²) >= 11 is 0.